The van der Waals surface area contributed by atoms with Gasteiger partial charge in [0.1, 0.15) is 0 Å². The Labute approximate surface area is 93.7 Å². The van der Waals surface area contributed by atoms with Gasteiger partial charge in [0.15, 0.2) is 0 Å². The fourth-order valence-electron chi connectivity index (χ4n) is 1.17. The third-order valence-corrected chi connectivity index (χ3v) is 1.83. The number of nitrogens with two attached hydrogens (primary N) is 1. The van der Waals surface area contributed by atoms with Crippen molar-refractivity contribution >= 4 is 11.0 Å². The average Bonchev–Trinajstić information content (AvgIpc) is 2.17. The van der Waals surface area contributed by atoms with Gasteiger partial charge in [-0.15, -0.1) is 23.6 Å². The molecule has 14 heavy (non-hydrogen) atoms. The molecule has 0 aliphatic heterocycles. The number of rotatable bonds is 1. The second kappa shape index (κ2) is 4.49. The third-order valence-electron chi connectivity index (χ3n) is 1.83. The zero-order valence-corrected chi connectivity index (χ0v) is 8.88. The largest absolute Gasteiger partial charge is 0.515 e. The number of benzene rings is 1. The predicted octanol–water partition coefficient (Wildman–Crippen LogP) is 1.05. The Hall–Kier alpha value is -0.987. The molecule has 0 aliphatic rings. The van der Waals surface area contributed by atoms with Gasteiger partial charge in [0, 0.05) is 31.6 Å². The average molecular weight is 277 g/mol. The molecule has 0 fully saturated rings. The minimum atomic E-state index is -0.402. The van der Waals surface area contributed by atoms with Gasteiger partial charge < -0.3 is 14.9 Å². The summed E-state index contributed by atoms with van der Waals surface area (Å²) < 4.78 is 5.02. The zero-order chi connectivity index (χ0) is 9.26. The summed E-state index contributed by atoms with van der Waals surface area (Å²) in [6.07, 6.45) is 0. The van der Waals surface area contributed by atoms with Crippen molar-refractivity contribution in [3.8, 4) is 0 Å². The predicted molar refractivity (Wildman–Crippen MR) is 49.2 cm³/mol. The van der Waals surface area contributed by atoms with Crippen LogP contribution in [-0.2, 0) is 26.0 Å². The molecule has 3 nitrogen and oxygen atoms in total. The molecule has 0 saturated heterocycles. The van der Waals surface area contributed by atoms with Crippen LogP contribution >= 0.6 is 0 Å². The summed E-state index contributed by atoms with van der Waals surface area (Å²) in [6, 6.07) is 10.1. The molecule has 0 atom stereocenters. The first-order valence-corrected chi connectivity index (χ1v) is 3.95. The van der Waals surface area contributed by atoms with Crippen molar-refractivity contribution in [2.45, 2.75) is 6.54 Å². The van der Waals surface area contributed by atoms with E-state index in [2.05, 4.69) is 6.07 Å². The first-order valence-electron chi connectivity index (χ1n) is 3.95. The third kappa shape index (κ3) is 1.92. The molecule has 0 spiro atoms. The maximum atomic E-state index is 11.2. The molecule has 1 radical (unpaired) electrons. The molecule has 2 aromatic rings. The Bertz CT molecular complexity index is 493. The molecule has 1 aromatic carbocycles. The van der Waals surface area contributed by atoms with E-state index in [0.717, 1.165) is 5.39 Å². The molecule has 75 valence electrons. The van der Waals surface area contributed by atoms with Crippen molar-refractivity contribution in [2.75, 3.05) is 0 Å². The second-order valence-electron chi connectivity index (χ2n) is 2.69. The summed E-state index contributed by atoms with van der Waals surface area (Å²) in [5, 5.41) is 0.780. The van der Waals surface area contributed by atoms with Crippen molar-refractivity contribution < 1.29 is 23.9 Å². The summed E-state index contributed by atoms with van der Waals surface area (Å²) in [5.41, 5.74) is 5.88. The van der Waals surface area contributed by atoms with Gasteiger partial charge in [-0.1, -0.05) is 12.1 Å². The summed E-state index contributed by atoms with van der Waals surface area (Å²) in [4.78, 5) is 11.2. The quantitative estimate of drug-likeness (QED) is 0.481. The molecule has 0 unspecified atom stereocenters. The van der Waals surface area contributed by atoms with Gasteiger partial charge in [-0.3, -0.25) is 0 Å². The van der Waals surface area contributed by atoms with Crippen LogP contribution < -0.4 is 11.4 Å². The minimum Gasteiger partial charge on any atom is -0.515 e. The van der Waals surface area contributed by atoms with E-state index in [1.807, 2.05) is 12.1 Å². The van der Waals surface area contributed by atoms with Crippen LogP contribution in [0.1, 0.15) is 5.56 Å². The van der Waals surface area contributed by atoms with Crippen molar-refractivity contribution in [2.24, 2.45) is 5.73 Å². The van der Waals surface area contributed by atoms with Crippen molar-refractivity contribution in [1.29, 1.82) is 0 Å². The van der Waals surface area contributed by atoms with Gasteiger partial charge in [-0.2, -0.15) is 0 Å². The van der Waals surface area contributed by atoms with Crippen LogP contribution in [0.5, 0.6) is 0 Å². The van der Waals surface area contributed by atoms with Gasteiger partial charge in [0.05, 0.1) is 0 Å². The fourth-order valence-corrected chi connectivity index (χ4v) is 1.17. The molecule has 0 saturated carbocycles. The van der Waals surface area contributed by atoms with Crippen molar-refractivity contribution in [3.63, 3.8) is 0 Å². The first kappa shape index (κ1) is 11.1. The van der Waals surface area contributed by atoms with E-state index in [9.17, 15) is 4.79 Å². The molecule has 1 aromatic heterocycles. The standard InChI is InChI=1S/C10H8NO2.Rh/c11-6-8-5-7-3-1-2-4-9(7)13-10(8)12;/h1-4H,6,11H2;/q-1;. The Morgan fingerprint density at radius 2 is 2.07 bits per heavy atom. The van der Waals surface area contributed by atoms with E-state index in [4.69, 9.17) is 10.2 Å². The monoisotopic (exact) mass is 277 g/mol. The molecule has 1 heterocycles. The van der Waals surface area contributed by atoms with E-state index in [1.165, 1.54) is 0 Å². The van der Waals surface area contributed by atoms with Crippen LogP contribution in [0.3, 0.4) is 0 Å². The van der Waals surface area contributed by atoms with Gasteiger partial charge in [-0.05, 0) is 5.56 Å². The Morgan fingerprint density at radius 1 is 1.36 bits per heavy atom. The van der Waals surface area contributed by atoms with Crippen LogP contribution in [0, 0.1) is 6.07 Å². The molecule has 4 heteroatoms. The molecule has 0 aliphatic carbocycles. The van der Waals surface area contributed by atoms with E-state index in [-0.39, 0.29) is 26.0 Å². The molecular formula is C10H8NO2Rh-. The van der Waals surface area contributed by atoms with E-state index < -0.39 is 5.63 Å². The van der Waals surface area contributed by atoms with Crippen molar-refractivity contribution in [3.05, 3.63) is 46.3 Å². The maximum absolute atomic E-state index is 11.2. The van der Waals surface area contributed by atoms with Crippen LogP contribution in [0.4, 0.5) is 0 Å². The van der Waals surface area contributed by atoms with Crippen LogP contribution in [0.2, 0.25) is 0 Å². The number of hydrogen-bond acceptors (Lipinski definition) is 3. The van der Waals surface area contributed by atoms with E-state index >= 15 is 0 Å². The normalized spacial score (nSPS) is 9.79. The molecule has 2 N–H and O–H groups in total. The van der Waals surface area contributed by atoms with Crippen molar-refractivity contribution in [1.82, 2.24) is 0 Å². The smallest absolute Gasteiger partial charge is 0.252 e. The van der Waals surface area contributed by atoms with Crippen LogP contribution in [0.15, 0.2) is 33.5 Å². The van der Waals surface area contributed by atoms with E-state index in [0.29, 0.717) is 11.1 Å². The van der Waals surface area contributed by atoms with Crippen LogP contribution in [0.25, 0.3) is 11.0 Å². The fraction of sp³-hybridized carbons (Fsp3) is 0.100. The number of para-hydroxylation sites is 1. The summed E-state index contributed by atoms with van der Waals surface area (Å²) in [6.45, 7) is 0.160. The van der Waals surface area contributed by atoms with Crippen LogP contribution in [-0.4, -0.2) is 0 Å². The SMILES string of the molecule is NCc1[c-]c2ccccc2oc1=O.[Rh]. The molecular weight excluding hydrogens is 269 g/mol. The Morgan fingerprint density at radius 3 is 2.79 bits per heavy atom. The number of hydrogen-bond donors (Lipinski definition) is 1. The summed E-state index contributed by atoms with van der Waals surface area (Å²) >= 11 is 0. The summed E-state index contributed by atoms with van der Waals surface area (Å²) in [7, 11) is 0. The van der Waals surface area contributed by atoms with Gasteiger partial charge >= 0.3 is 0 Å². The maximum Gasteiger partial charge on any atom is 0.252 e. The topological polar surface area (TPSA) is 56.2 Å². The summed E-state index contributed by atoms with van der Waals surface area (Å²) in [5.74, 6) is 0. The Balaban J connectivity index is 0.000000980. The molecule has 0 amide bonds. The first-order chi connectivity index (χ1) is 6.31. The van der Waals surface area contributed by atoms with Gasteiger partial charge in [-0.25, -0.2) is 0 Å². The molecule has 2 rings (SSSR count). The molecule has 0 bridgehead atoms. The Kier molecular flexibility index (Phi) is 3.56. The van der Waals surface area contributed by atoms with Gasteiger partial charge in [0.2, 0.25) is 0 Å². The van der Waals surface area contributed by atoms with Gasteiger partial charge in [0.25, 0.3) is 5.63 Å². The van der Waals surface area contributed by atoms with E-state index in [1.54, 1.807) is 12.1 Å². The second-order valence-corrected chi connectivity index (χ2v) is 2.69. The minimum absolute atomic E-state index is 0. The number of fused-ring (bicyclic) bond motifs is 1. The zero-order valence-electron chi connectivity index (χ0n) is 7.24.